The van der Waals surface area contributed by atoms with Gasteiger partial charge in [-0.1, -0.05) is 19.1 Å². The molecular weight excluding hydrogens is 279 g/mol. The predicted molar refractivity (Wildman–Crippen MR) is 73.2 cm³/mol. The number of aryl methyl sites for hydroxylation is 1. The molecule has 21 heavy (non-hydrogen) atoms. The van der Waals surface area contributed by atoms with Crippen LogP contribution < -0.4 is 0 Å². The van der Waals surface area contributed by atoms with Crippen LogP contribution in [-0.4, -0.2) is 14.5 Å². The topological polar surface area (TPSA) is 30.7 Å². The van der Waals surface area contributed by atoms with Gasteiger partial charge in [0.15, 0.2) is 5.65 Å². The summed E-state index contributed by atoms with van der Waals surface area (Å²) in [5, 5.41) is 0. The van der Waals surface area contributed by atoms with Crippen molar-refractivity contribution in [3.05, 3.63) is 54.0 Å². The highest BCUT2D eigenvalue weighted by atomic mass is 19.4. The van der Waals surface area contributed by atoms with E-state index in [2.05, 4.69) is 9.97 Å². The predicted octanol–water partition coefficient (Wildman–Crippen LogP) is 4.00. The summed E-state index contributed by atoms with van der Waals surface area (Å²) < 4.78 is 41.1. The SMILES string of the molecule is CCc1nc2cccnc2n1-c1ccccc1C(F)(F)F. The van der Waals surface area contributed by atoms with E-state index >= 15 is 0 Å². The number of imidazole rings is 1. The summed E-state index contributed by atoms with van der Waals surface area (Å²) in [7, 11) is 0. The van der Waals surface area contributed by atoms with Gasteiger partial charge in [-0.15, -0.1) is 0 Å². The summed E-state index contributed by atoms with van der Waals surface area (Å²) in [6, 6.07) is 8.94. The van der Waals surface area contributed by atoms with Gasteiger partial charge in [0.05, 0.1) is 11.3 Å². The Hall–Kier alpha value is -2.37. The molecule has 0 atom stereocenters. The number of benzene rings is 1. The second-order valence-electron chi connectivity index (χ2n) is 4.58. The maximum absolute atomic E-state index is 13.2. The van der Waals surface area contributed by atoms with E-state index in [-0.39, 0.29) is 5.69 Å². The highest BCUT2D eigenvalue weighted by Crippen LogP contribution is 2.35. The molecule has 2 aromatic heterocycles. The first kappa shape index (κ1) is 13.6. The second-order valence-corrected chi connectivity index (χ2v) is 4.58. The quantitative estimate of drug-likeness (QED) is 0.714. The van der Waals surface area contributed by atoms with Crippen molar-refractivity contribution >= 4 is 11.2 Å². The highest BCUT2D eigenvalue weighted by Gasteiger charge is 2.34. The lowest BCUT2D eigenvalue weighted by Crippen LogP contribution is -2.12. The van der Waals surface area contributed by atoms with Crippen LogP contribution in [0.15, 0.2) is 42.6 Å². The minimum Gasteiger partial charge on any atom is -0.280 e. The number of alkyl halides is 3. The Morgan fingerprint density at radius 2 is 1.86 bits per heavy atom. The molecule has 1 aromatic carbocycles. The molecule has 6 heteroatoms. The molecule has 0 bridgehead atoms. The van der Waals surface area contributed by atoms with Gasteiger partial charge >= 0.3 is 6.18 Å². The zero-order valence-electron chi connectivity index (χ0n) is 11.2. The van der Waals surface area contributed by atoms with Crippen LogP contribution in [0.1, 0.15) is 18.3 Å². The lowest BCUT2D eigenvalue weighted by atomic mass is 10.1. The minimum atomic E-state index is -4.42. The van der Waals surface area contributed by atoms with E-state index in [1.54, 1.807) is 24.4 Å². The van der Waals surface area contributed by atoms with Crippen molar-refractivity contribution in [1.82, 2.24) is 14.5 Å². The molecule has 0 amide bonds. The van der Waals surface area contributed by atoms with E-state index in [1.165, 1.54) is 16.7 Å². The number of fused-ring (bicyclic) bond motifs is 1. The first-order valence-corrected chi connectivity index (χ1v) is 6.51. The van der Waals surface area contributed by atoms with E-state index < -0.39 is 11.7 Å². The Balaban J connectivity index is 2.36. The minimum absolute atomic E-state index is 0.0584. The third-order valence-corrected chi connectivity index (χ3v) is 3.25. The maximum atomic E-state index is 13.2. The smallest absolute Gasteiger partial charge is 0.280 e. The zero-order chi connectivity index (χ0) is 15.0. The third-order valence-electron chi connectivity index (χ3n) is 3.25. The number of aromatic nitrogens is 3. The normalized spacial score (nSPS) is 12.0. The van der Waals surface area contributed by atoms with E-state index in [0.29, 0.717) is 23.4 Å². The molecule has 0 saturated carbocycles. The fraction of sp³-hybridized carbons (Fsp3) is 0.200. The molecule has 0 N–H and O–H groups in total. The largest absolute Gasteiger partial charge is 0.418 e. The first-order chi connectivity index (χ1) is 10.0. The fourth-order valence-electron chi connectivity index (χ4n) is 2.36. The summed E-state index contributed by atoms with van der Waals surface area (Å²) in [6.07, 6.45) is -2.36. The van der Waals surface area contributed by atoms with Gasteiger partial charge < -0.3 is 0 Å². The van der Waals surface area contributed by atoms with Gasteiger partial charge in [-0.3, -0.25) is 4.57 Å². The lowest BCUT2D eigenvalue weighted by molar-refractivity contribution is -0.137. The van der Waals surface area contributed by atoms with Crippen molar-refractivity contribution in [2.75, 3.05) is 0 Å². The molecule has 108 valence electrons. The highest BCUT2D eigenvalue weighted by molar-refractivity contribution is 5.74. The molecule has 3 aromatic rings. The number of hydrogen-bond acceptors (Lipinski definition) is 2. The van der Waals surface area contributed by atoms with Crippen molar-refractivity contribution in [3.8, 4) is 5.69 Å². The average molecular weight is 291 g/mol. The number of pyridine rings is 1. The summed E-state index contributed by atoms with van der Waals surface area (Å²) in [4.78, 5) is 8.55. The number of rotatable bonds is 2. The Morgan fingerprint density at radius 1 is 1.10 bits per heavy atom. The summed E-state index contributed by atoms with van der Waals surface area (Å²) in [5.74, 6) is 0.556. The van der Waals surface area contributed by atoms with Gasteiger partial charge in [0, 0.05) is 12.6 Å². The van der Waals surface area contributed by atoms with Crippen molar-refractivity contribution in [1.29, 1.82) is 0 Å². The van der Waals surface area contributed by atoms with Crippen LogP contribution in [0.5, 0.6) is 0 Å². The second kappa shape index (κ2) is 4.87. The molecule has 0 aliphatic rings. The van der Waals surface area contributed by atoms with Crippen molar-refractivity contribution in [2.24, 2.45) is 0 Å². The maximum Gasteiger partial charge on any atom is 0.418 e. The van der Waals surface area contributed by atoms with Crippen molar-refractivity contribution in [2.45, 2.75) is 19.5 Å². The van der Waals surface area contributed by atoms with Crippen LogP contribution in [0.2, 0.25) is 0 Å². The Labute approximate surface area is 119 Å². The van der Waals surface area contributed by atoms with Gasteiger partial charge in [0.2, 0.25) is 0 Å². The molecule has 0 aliphatic carbocycles. The number of para-hydroxylation sites is 1. The summed E-state index contributed by atoms with van der Waals surface area (Å²) >= 11 is 0. The van der Waals surface area contributed by atoms with Gasteiger partial charge in [0.1, 0.15) is 11.3 Å². The van der Waals surface area contributed by atoms with E-state index in [4.69, 9.17) is 0 Å². The molecule has 0 unspecified atom stereocenters. The van der Waals surface area contributed by atoms with Crippen molar-refractivity contribution < 1.29 is 13.2 Å². The Kier molecular flexibility index (Phi) is 3.16. The average Bonchev–Trinajstić information content (AvgIpc) is 2.84. The van der Waals surface area contributed by atoms with Crippen LogP contribution in [0.3, 0.4) is 0 Å². The molecule has 0 saturated heterocycles. The molecule has 0 fully saturated rings. The number of hydrogen-bond donors (Lipinski definition) is 0. The van der Waals surface area contributed by atoms with Crippen molar-refractivity contribution in [3.63, 3.8) is 0 Å². The van der Waals surface area contributed by atoms with Crippen LogP contribution in [0.4, 0.5) is 13.2 Å². The molecule has 0 spiro atoms. The van der Waals surface area contributed by atoms with Gasteiger partial charge in [0.25, 0.3) is 0 Å². The zero-order valence-corrected chi connectivity index (χ0v) is 11.2. The van der Waals surface area contributed by atoms with Gasteiger partial charge in [-0.25, -0.2) is 9.97 Å². The van der Waals surface area contributed by atoms with Gasteiger partial charge in [-0.05, 0) is 24.3 Å². The monoisotopic (exact) mass is 291 g/mol. The number of nitrogens with zero attached hydrogens (tertiary/aromatic N) is 3. The molecule has 0 radical (unpaired) electrons. The van der Waals surface area contributed by atoms with Crippen LogP contribution in [0, 0.1) is 0 Å². The summed E-state index contributed by atoms with van der Waals surface area (Å²) in [6.45, 7) is 1.86. The summed E-state index contributed by atoms with van der Waals surface area (Å²) in [5.41, 5.74) is 0.394. The third kappa shape index (κ3) is 2.26. The molecule has 2 heterocycles. The lowest BCUT2D eigenvalue weighted by Gasteiger charge is -2.15. The van der Waals surface area contributed by atoms with Gasteiger partial charge in [-0.2, -0.15) is 13.2 Å². The van der Waals surface area contributed by atoms with Crippen LogP contribution in [0.25, 0.3) is 16.9 Å². The Morgan fingerprint density at radius 3 is 2.57 bits per heavy atom. The molecular formula is C15H12F3N3. The first-order valence-electron chi connectivity index (χ1n) is 6.51. The molecule has 0 aliphatic heterocycles. The van der Waals surface area contributed by atoms with E-state index in [9.17, 15) is 13.2 Å². The van der Waals surface area contributed by atoms with E-state index in [0.717, 1.165) is 6.07 Å². The standard InChI is InChI=1S/C15H12F3N3/c1-2-13-20-11-7-5-9-19-14(11)21(13)12-8-4-3-6-10(12)15(16,17)18/h3-9H,2H2,1H3. The number of halogens is 3. The van der Waals surface area contributed by atoms with E-state index in [1.807, 2.05) is 6.92 Å². The molecule has 3 rings (SSSR count). The Bertz CT molecular complexity index is 790. The fourth-order valence-corrected chi connectivity index (χ4v) is 2.36. The molecule has 3 nitrogen and oxygen atoms in total. The van der Waals surface area contributed by atoms with Crippen LogP contribution >= 0.6 is 0 Å². The van der Waals surface area contributed by atoms with Crippen LogP contribution in [-0.2, 0) is 12.6 Å².